The zero-order valence-electron chi connectivity index (χ0n) is 12.8. The molecular weight excluding hydrogens is 262 g/mol. The van der Waals surface area contributed by atoms with E-state index < -0.39 is 0 Å². The van der Waals surface area contributed by atoms with E-state index in [1.54, 1.807) is 0 Å². The van der Waals surface area contributed by atoms with Gasteiger partial charge in [0.15, 0.2) is 0 Å². The van der Waals surface area contributed by atoms with Gasteiger partial charge in [0, 0.05) is 18.2 Å². The summed E-state index contributed by atoms with van der Waals surface area (Å²) in [6.07, 6.45) is 5.22. The molecule has 0 radical (unpaired) electrons. The number of piperidine rings is 1. The minimum absolute atomic E-state index is 0.113. The van der Waals surface area contributed by atoms with Crippen LogP contribution in [0.3, 0.4) is 0 Å². The molecule has 114 valence electrons. The Balaban J connectivity index is 1.82. The summed E-state index contributed by atoms with van der Waals surface area (Å²) in [5, 5.41) is 8.72. The Morgan fingerprint density at radius 1 is 1.38 bits per heavy atom. The van der Waals surface area contributed by atoms with E-state index in [1.165, 1.54) is 32.2 Å². The van der Waals surface area contributed by atoms with Gasteiger partial charge in [-0.15, -0.1) is 0 Å². The maximum absolute atomic E-state index is 8.72. The number of ether oxygens (including phenoxy) is 1. The van der Waals surface area contributed by atoms with E-state index in [9.17, 15) is 0 Å². The summed E-state index contributed by atoms with van der Waals surface area (Å²) in [7, 11) is 0. The molecule has 1 aliphatic heterocycles. The van der Waals surface area contributed by atoms with Crippen LogP contribution in [-0.4, -0.2) is 42.4 Å². The lowest BCUT2D eigenvalue weighted by Gasteiger charge is -2.34. The first-order chi connectivity index (χ1) is 10.3. The first-order valence-electron chi connectivity index (χ1n) is 7.90. The third-order valence-corrected chi connectivity index (χ3v) is 4.01. The second-order valence-electron chi connectivity index (χ2n) is 5.43. The molecule has 0 aromatic heterocycles. The van der Waals surface area contributed by atoms with Crippen LogP contribution in [0.5, 0.6) is 5.75 Å². The van der Waals surface area contributed by atoms with Crippen molar-refractivity contribution in [2.75, 3.05) is 26.3 Å². The first-order valence-corrected chi connectivity index (χ1v) is 7.90. The van der Waals surface area contributed by atoms with Crippen molar-refractivity contribution in [3.63, 3.8) is 0 Å². The molecule has 1 aromatic carbocycles. The Morgan fingerprint density at radius 2 is 2.29 bits per heavy atom. The summed E-state index contributed by atoms with van der Waals surface area (Å²) in [6.45, 7) is 5.06. The van der Waals surface area contributed by atoms with Gasteiger partial charge in [-0.2, -0.15) is 0 Å². The fraction of sp³-hybridized carbons (Fsp3) is 0.556. The summed E-state index contributed by atoms with van der Waals surface area (Å²) >= 11 is 0. The standard InChI is InChI=1S/C18H25NO2/c1-2-17-9-3-4-11-19(17)12-14-21-18-10-5-7-16(15-18)8-6-13-20/h5,7,10,15,17,20H,2-4,9,11-14H2,1H3. The molecule has 3 nitrogen and oxygen atoms in total. The Morgan fingerprint density at radius 3 is 3.10 bits per heavy atom. The zero-order valence-corrected chi connectivity index (χ0v) is 12.8. The molecule has 3 heteroatoms. The van der Waals surface area contributed by atoms with E-state index in [4.69, 9.17) is 9.84 Å². The smallest absolute Gasteiger partial charge is 0.120 e. The van der Waals surface area contributed by atoms with Crippen LogP contribution in [0.25, 0.3) is 0 Å². The lowest BCUT2D eigenvalue weighted by molar-refractivity contribution is 0.120. The maximum atomic E-state index is 8.72. The van der Waals surface area contributed by atoms with E-state index in [0.29, 0.717) is 6.61 Å². The number of nitrogens with zero attached hydrogens (tertiary/aromatic N) is 1. The molecule has 1 unspecified atom stereocenters. The van der Waals surface area contributed by atoms with E-state index in [1.807, 2.05) is 24.3 Å². The van der Waals surface area contributed by atoms with Crippen molar-refractivity contribution in [3.8, 4) is 17.6 Å². The highest BCUT2D eigenvalue weighted by molar-refractivity contribution is 5.39. The minimum atomic E-state index is -0.113. The molecule has 0 aliphatic carbocycles. The van der Waals surface area contributed by atoms with Crippen molar-refractivity contribution in [2.24, 2.45) is 0 Å². The van der Waals surface area contributed by atoms with E-state index in [2.05, 4.69) is 23.7 Å². The molecule has 2 rings (SSSR count). The topological polar surface area (TPSA) is 32.7 Å². The number of aliphatic hydroxyl groups excluding tert-OH is 1. The number of hydrogen-bond donors (Lipinski definition) is 1. The fourth-order valence-corrected chi connectivity index (χ4v) is 2.90. The van der Waals surface area contributed by atoms with Gasteiger partial charge in [0.1, 0.15) is 19.0 Å². The lowest BCUT2D eigenvalue weighted by Crippen LogP contribution is -2.41. The highest BCUT2D eigenvalue weighted by atomic mass is 16.5. The van der Waals surface area contributed by atoms with Gasteiger partial charge < -0.3 is 9.84 Å². The van der Waals surface area contributed by atoms with Gasteiger partial charge in [0.25, 0.3) is 0 Å². The molecule has 1 aromatic rings. The fourth-order valence-electron chi connectivity index (χ4n) is 2.90. The summed E-state index contributed by atoms with van der Waals surface area (Å²) in [4.78, 5) is 2.55. The number of benzene rings is 1. The van der Waals surface area contributed by atoms with Crippen LogP contribution in [0.15, 0.2) is 24.3 Å². The third-order valence-electron chi connectivity index (χ3n) is 4.01. The van der Waals surface area contributed by atoms with Gasteiger partial charge in [-0.05, 0) is 44.0 Å². The van der Waals surface area contributed by atoms with Crippen LogP contribution in [-0.2, 0) is 0 Å². The zero-order chi connectivity index (χ0) is 14.9. The number of likely N-dealkylation sites (tertiary alicyclic amines) is 1. The number of hydrogen-bond acceptors (Lipinski definition) is 3. The molecule has 0 saturated carbocycles. The quantitative estimate of drug-likeness (QED) is 0.845. The van der Waals surface area contributed by atoms with Crippen LogP contribution in [0.2, 0.25) is 0 Å². The molecule has 0 amide bonds. The van der Waals surface area contributed by atoms with Gasteiger partial charge >= 0.3 is 0 Å². The van der Waals surface area contributed by atoms with Crippen molar-refractivity contribution in [2.45, 2.75) is 38.6 Å². The van der Waals surface area contributed by atoms with Crippen molar-refractivity contribution in [1.29, 1.82) is 0 Å². The molecule has 0 bridgehead atoms. The van der Waals surface area contributed by atoms with Crippen LogP contribution < -0.4 is 4.74 Å². The van der Waals surface area contributed by atoms with Crippen LogP contribution in [0.1, 0.15) is 38.2 Å². The largest absolute Gasteiger partial charge is 0.492 e. The van der Waals surface area contributed by atoms with Gasteiger partial charge in [-0.25, -0.2) is 0 Å². The average molecular weight is 287 g/mol. The van der Waals surface area contributed by atoms with Crippen molar-refractivity contribution in [3.05, 3.63) is 29.8 Å². The maximum Gasteiger partial charge on any atom is 0.120 e. The number of aliphatic hydroxyl groups is 1. The minimum Gasteiger partial charge on any atom is -0.492 e. The molecule has 1 aliphatic rings. The van der Waals surface area contributed by atoms with Crippen LogP contribution in [0.4, 0.5) is 0 Å². The molecule has 1 fully saturated rings. The molecule has 1 N–H and O–H groups in total. The van der Waals surface area contributed by atoms with Gasteiger partial charge in [0.2, 0.25) is 0 Å². The molecule has 1 heterocycles. The van der Waals surface area contributed by atoms with Crippen molar-refractivity contribution < 1.29 is 9.84 Å². The summed E-state index contributed by atoms with van der Waals surface area (Å²) in [5.74, 6) is 6.41. The second-order valence-corrected chi connectivity index (χ2v) is 5.43. The van der Waals surface area contributed by atoms with Crippen molar-refractivity contribution >= 4 is 0 Å². The monoisotopic (exact) mass is 287 g/mol. The first kappa shape index (κ1) is 15.9. The second kappa shape index (κ2) is 8.71. The Labute approximate surface area is 127 Å². The molecule has 0 spiro atoms. The van der Waals surface area contributed by atoms with Crippen LogP contribution >= 0.6 is 0 Å². The number of rotatable bonds is 5. The molecular formula is C18H25NO2. The Hall–Kier alpha value is -1.50. The Kier molecular flexibility index (Phi) is 6.59. The van der Waals surface area contributed by atoms with E-state index in [0.717, 1.165) is 23.9 Å². The molecule has 1 atom stereocenters. The normalized spacial score (nSPS) is 18.9. The van der Waals surface area contributed by atoms with E-state index >= 15 is 0 Å². The summed E-state index contributed by atoms with van der Waals surface area (Å²) in [6, 6.07) is 8.47. The van der Waals surface area contributed by atoms with Crippen LogP contribution in [0, 0.1) is 11.8 Å². The van der Waals surface area contributed by atoms with Gasteiger partial charge in [-0.3, -0.25) is 4.90 Å². The highest BCUT2D eigenvalue weighted by Gasteiger charge is 2.20. The molecule has 21 heavy (non-hydrogen) atoms. The van der Waals surface area contributed by atoms with Gasteiger partial charge in [-0.1, -0.05) is 31.3 Å². The summed E-state index contributed by atoms with van der Waals surface area (Å²) in [5.41, 5.74) is 0.881. The lowest BCUT2D eigenvalue weighted by atomic mass is 10.0. The third kappa shape index (κ3) is 5.08. The molecule has 1 saturated heterocycles. The SMILES string of the molecule is CCC1CCCCN1CCOc1cccc(C#CCO)c1. The predicted octanol–water partition coefficient (Wildman–Crippen LogP) is 2.67. The Bertz CT molecular complexity index is 489. The predicted molar refractivity (Wildman–Crippen MR) is 85.4 cm³/mol. The highest BCUT2D eigenvalue weighted by Crippen LogP contribution is 2.19. The van der Waals surface area contributed by atoms with Crippen molar-refractivity contribution in [1.82, 2.24) is 4.90 Å². The average Bonchev–Trinajstić information content (AvgIpc) is 2.54. The summed E-state index contributed by atoms with van der Waals surface area (Å²) < 4.78 is 5.85. The van der Waals surface area contributed by atoms with E-state index in [-0.39, 0.29) is 6.61 Å². The van der Waals surface area contributed by atoms with Gasteiger partial charge in [0.05, 0.1) is 0 Å².